The van der Waals surface area contributed by atoms with Crippen LogP contribution in [-0.2, 0) is 14.4 Å². The SMILES string of the molecule is C[C@]12C(CC[C@@H]1[C@@H](CCC(=O)O)C(=O)NCCCCCC(=O)Oc1ccc([N+](=O)[O-])cc1)C1C(C[C@@H]2O)[C@@]2(C)CC[C@@H](O)C[C@H]2C[C@H]1O. The molecule has 0 saturated heterocycles. The number of ether oxygens (including phenoxy) is 1. The highest BCUT2D eigenvalue weighted by atomic mass is 16.6. The van der Waals surface area contributed by atoms with Crippen LogP contribution in [-0.4, -0.2) is 68.1 Å². The minimum atomic E-state index is -0.974. The number of aliphatic carboxylic acids is 1. The van der Waals surface area contributed by atoms with Crippen LogP contribution < -0.4 is 10.1 Å². The van der Waals surface area contributed by atoms with E-state index in [1.54, 1.807) is 0 Å². The van der Waals surface area contributed by atoms with Crippen LogP contribution in [0.5, 0.6) is 5.75 Å². The predicted octanol–water partition coefficient (Wildman–Crippen LogP) is 4.62. The number of carboxylic acids is 1. The number of carbonyl (C=O) groups is 3. The fourth-order valence-corrected chi connectivity index (χ4v) is 10.4. The Kier molecular flexibility index (Phi) is 11.2. The van der Waals surface area contributed by atoms with Gasteiger partial charge in [-0.1, -0.05) is 20.3 Å². The van der Waals surface area contributed by atoms with Gasteiger partial charge in [-0.3, -0.25) is 24.5 Å². The van der Waals surface area contributed by atoms with Crippen molar-refractivity contribution >= 4 is 23.5 Å². The third kappa shape index (κ3) is 7.26. The lowest BCUT2D eigenvalue weighted by molar-refractivity contribution is -0.384. The van der Waals surface area contributed by atoms with Gasteiger partial charge < -0.3 is 30.5 Å². The number of unbranched alkanes of at least 4 members (excludes halogenated alkanes) is 2. The monoisotopic (exact) mass is 672 g/mol. The number of non-ortho nitro benzene ring substituents is 1. The van der Waals surface area contributed by atoms with E-state index in [-0.39, 0.29) is 77.7 Å². The number of rotatable bonds is 13. The molecule has 0 radical (unpaired) electrons. The second-order valence-corrected chi connectivity index (χ2v) is 15.4. The van der Waals surface area contributed by atoms with E-state index in [1.807, 2.05) is 0 Å². The van der Waals surface area contributed by atoms with Crippen LogP contribution >= 0.6 is 0 Å². The molecule has 0 heterocycles. The van der Waals surface area contributed by atoms with E-state index in [0.29, 0.717) is 51.5 Å². The van der Waals surface area contributed by atoms with Crippen molar-refractivity contribution in [3.05, 3.63) is 34.4 Å². The number of hydrogen-bond donors (Lipinski definition) is 5. The third-order valence-corrected chi connectivity index (χ3v) is 13.0. The smallest absolute Gasteiger partial charge is 0.311 e. The number of nitrogens with zero attached hydrogens (tertiary/aromatic N) is 1. The predicted molar refractivity (Wildman–Crippen MR) is 175 cm³/mol. The summed E-state index contributed by atoms with van der Waals surface area (Å²) in [6.45, 7) is 4.70. The minimum absolute atomic E-state index is 0.00447. The lowest BCUT2D eigenvalue weighted by atomic mass is 9.43. The Morgan fingerprint density at radius 1 is 0.979 bits per heavy atom. The van der Waals surface area contributed by atoms with Crippen molar-refractivity contribution in [2.75, 3.05) is 6.54 Å². The molecule has 1 aromatic rings. The molecule has 4 saturated carbocycles. The maximum atomic E-state index is 13.7. The molecule has 4 aliphatic rings. The zero-order chi connectivity index (χ0) is 34.8. The number of nitro groups is 1. The molecule has 0 spiro atoms. The molecule has 3 unspecified atom stereocenters. The quantitative estimate of drug-likeness (QED) is 0.0648. The van der Waals surface area contributed by atoms with E-state index < -0.39 is 40.4 Å². The Morgan fingerprint density at radius 3 is 2.40 bits per heavy atom. The first-order valence-corrected chi connectivity index (χ1v) is 17.7. The van der Waals surface area contributed by atoms with Gasteiger partial charge in [0.05, 0.1) is 23.2 Å². The fourth-order valence-electron chi connectivity index (χ4n) is 10.4. The number of aliphatic hydroxyl groups is 3. The number of nitro benzene ring substituents is 1. The third-order valence-electron chi connectivity index (χ3n) is 13.0. The lowest BCUT2D eigenvalue weighted by Crippen LogP contribution is -2.62. The van der Waals surface area contributed by atoms with E-state index in [4.69, 9.17) is 4.74 Å². The zero-order valence-corrected chi connectivity index (χ0v) is 28.1. The summed E-state index contributed by atoms with van der Waals surface area (Å²) < 4.78 is 5.24. The van der Waals surface area contributed by atoms with Gasteiger partial charge in [-0.05, 0) is 111 Å². The Morgan fingerprint density at radius 2 is 1.71 bits per heavy atom. The molecule has 0 aliphatic heterocycles. The number of carbonyl (C=O) groups excluding carboxylic acids is 2. The first-order chi connectivity index (χ1) is 22.7. The van der Waals surface area contributed by atoms with E-state index >= 15 is 0 Å². The van der Waals surface area contributed by atoms with Crippen LogP contribution in [0, 0.1) is 56.5 Å². The van der Waals surface area contributed by atoms with Gasteiger partial charge in [0.2, 0.25) is 5.91 Å². The molecule has 4 fully saturated rings. The number of nitrogens with one attached hydrogen (secondary N) is 1. The van der Waals surface area contributed by atoms with Gasteiger partial charge in [0.15, 0.2) is 0 Å². The average Bonchev–Trinajstić information content (AvgIpc) is 3.38. The molecule has 1 amide bonds. The number of benzene rings is 1. The van der Waals surface area contributed by atoms with E-state index in [0.717, 1.165) is 19.3 Å². The molecule has 48 heavy (non-hydrogen) atoms. The molecule has 5 rings (SSSR count). The van der Waals surface area contributed by atoms with Crippen molar-refractivity contribution in [1.29, 1.82) is 0 Å². The van der Waals surface area contributed by atoms with Crippen molar-refractivity contribution in [2.45, 2.75) is 116 Å². The maximum absolute atomic E-state index is 13.7. The molecular formula is C36H52N2O10. The van der Waals surface area contributed by atoms with Gasteiger partial charge in [-0.25, -0.2) is 0 Å². The fraction of sp³-hybridized carbons (Fsp3) is 0.750. The highest BCUT2D eigenvalue weighted by Crippen LogP contribution is 2.68. The van der Waals surface area contributed by atoms with E-state index in [2.05, 4.69) is 19.2 Å². The molecule has 12 heteroatoms. The van der Waals surface area contributed by atoms with Crippen LogP contribution in [0.3, 0.4) is 0 Å². The molecule has 0 bridgehead atoms. The van der Waals surface area contributed by atoms with Crippen molar-refractivity contribution in [3.8, 4) is 5.75 Å². The standard InChI is InChI=1S/C36H52N2O10/c1-35-16-15-23(39)18-21(35)19-29(40)33-27-13-12-26(36(27,2)30(41)20-28(33)35)25(11-14-31(42)43)34(45)37-17-5-3-4-6-32(44)48-24-9-7-22(8-10-24)38(46)47/h7-10,21,23,25-30,33,39-41H,3-6,11-20H2,1-2H3,(H,37,45)(H,42,43)/t21-,23+,25+,26+,27?,28?,29+,30-,33?,35-,36+/m0/s1. The van der Waals surface area contributed by atoms with Gasteiger partial charge in [0, 0.05) is 42.9 Å². The molecule has 1 aromatic carbocycles. The number of hydrogen-bond acceptors (Lipinski definition) is 9. The Labute approximate surface area is 281 Å². The largest absolute Gasteiger partial charge is 0.481 e. The molecule has 11 atom stereocenters. The summed E-state index contributed by atoms with van der Waals surface area (Å²) in [6, 6.07) is 5.29. The Hall–Kier alpha value is -3.09. The van der Waals surface area contributed by atoms with Crippen molar-refractivity contribution in [1.82, 2.24) is 5.32 Å². The zero-order valence-electron chi connectivity index (χ0n) is 28.1. The summed E-state index contributed by atoms with van der Waals surface area (Å²) in [6.07, 6.45) is 5.31. The highest BCUT2D eigenvalue weighted by molar-refractivity contribution is 5.80. The molecule has 266 valence electrons. The second-order valence-electron chi connectivity index (χ2n) is 15.4. The van der Waals surface area contributed by atoms with E-state index in [1.165, 1.54) is 24.3 Å². The maximum Gasteiger partial charge on any atom is 0.311 e. The summed E-state index contributed by atoms with van der Waals surface area (Å²) in [4.78, 5) is 47.8. The van der Waals surface area contributed by atoms with Crippen molar-refractivity contribution in [3.63, 3.8) is 0 Å². The summed E-state index contributed by atoms with van der Waals surface area (Å²) in [5, 5.41) is 57.2. The summed E-state index contributed by atoms with van der Waals surface area (Å²) in [5.74, 6) is -1.87. The van der Waals surface area contributed by atoms with Gasteiger partial charge in [0.1, 0.15) is 5.75 Å². The number of esters is 1. The van der Waals surface area contributed by atoms with Crippen LogP contribution in [0.15, 0.2) is 24.3 Å². The molecule has 5 N–H and O–H groups in total. The lowest BCUT2D eigenvalue weighted by Gasteiger charge is -2.63. The molecular weight excluding hydrogens is 620 g/mol. The number of carboxylic acid groups (broad SMARTS) is 1. The molecule has 4 aliphatic carbocycles. The van der Waals surface area contributed by atoms with Gasteiger partial charge >= 0.3 is 11.9 Å². The normalized spacial score (nSPS) is 36.2. The molecule has 0 aromatic heterocycles. The minimum Gasteiger partial charge on any atom is -0.481 e. The van der Waals surface area contributed by atoms with Gasteiger partial charge in [-0.2, -0.15) is 0 Å². The summed E-state index contributed by atoms with van der Waals surface area (Å²) in [5.41, 5.74) is -0.792. The summed E-state index contributed by atoms with van der Waals surface area (Å²) in [7, 11) is 0. The van der Waals surface area contributed by atoms with Gasteiger partial charge in [-0.15, -0.1) is 0 Å². The first kappa shape index (κ1) is 36.2. The van der Waals surface area contributed by atoms with Crippen molar-refractivity contribution in [2.24, 2.45) is 46.3 Å². The van der Waals surface area contributed by atoms with Gasteiger partial charge in [0.25, 0.3) is 5.69 Å². The average molecular weight is 673 g/mol. The van der Waals surface area contributed by atoms with Crippen molar-refractivity contribution < 1.29 is 44.5 Å². The Balaban J connectivity index is 1.17. The number of aliphatic hydroxyl groups excluding tert-OH is 3. The first-order valence-electron chi connectivity index (χ1n) is 17.7. The summed E-state index contributed by atoms with van der Waals surface area (Å²) >= 11 is 0. The van der Waals surface area contributed by atoms with Crippen LogP contribution in [0.1, 0.15) is 97.3 Å². The van der Waals surface area contributed by atoms with Crippen LogP contribution in [0.4, 0.5) is 5.69 Å². The van der Waals surface area contributed by atoms with Crippen LogP contribution in [0.25, 0.3) is 0 Å². The topological polar surface area (TPSA) is 197 Å². The highest BCUT2D eigenvalue weighted by Gasteiger charge is 2.66. The molecule has 12 nitrogen and oxygen atoms in total. The Bertz CT molecular complexity index is 1340. The number of amides is 1. The second kappa shape index (κ2) is 14.8. The van der Waals surface area contributed by atoms with Crippen LogP contribution in [0.2, 0.25) is 0 Å². The number of fused-ring (bicyclic) bond motifs is 5. The van der Waals surface area contributed by atoms with E-state index in [9.17, 15) is 44.9 Å².